The molecule has 2 rings (SSSR count). The van der Waals surface area contributed by atoms with E-state index < -0.39 is 0 Å². The number of rotatable bonds is 7. The van der Waals surface area contributed by atoms with Crippen molar-refractivity contribution in [1.82, 2.24) is 10.2 Å². The average Bonchev–Trinajstić information content (AvgIpc) is 2.95. The van der Waals surface area contributed by atoms with Crippen LogP contribution < -0.4 is 5.32 Å². The average molecular weight is 354 g/mol. The number of hydrogen-bond acceptors (Lipinski definition) is 6. The largest absolute Gasteiger partial charge is 0.325 e. The van der Waals surface area contributed by atoms with E-state index in [1.807, 2.05) is 31.2 Å². The fourth-order valence-corrected chi connectivity index (χ4v) is 4.76. The molecule has 0 aliphatic carbocycles. The molecule has 0 fully saturated rings. The van der Waals surface area contributed by atoms with Gasteiger partial charge in [0.25, 0.3) is 0 Å². The maximum atomic E-state index is 12.2. The fourth-order valence-electron chi connectivity index (χ4n) is 1.70. The van der Waals surface area contributed by atoms with Crippen molar-refractivity contribution in [3.8, 4) is 0 Å². The van der Waals surface area contributed by atoms with Gasteiger partial charge in [0.1, 0.15) is 0 Å². The standard InChI is InChI=1S/C15H19N3OS3/c1-4-11-6-8-12(9-7-11)16-13(19)10(3)21-15-18-17-14(22-15)20-5-2/h6-10H,4-5H2,1-3H3,(H,16,19)/t10-/m0/s1. The van der Waals surface area contributed by atoms with Gasteiger partial charge < -0.3 is 5.32 Å². The minimum absolute atomic E-state index is 0.0193. The molecule has 1 amide bonds. The summed E-state index contributed by atoms with van der Waals surface area (Å²) in [6.07, 6.45) is 0.996. The summed E-state index contributed by atoms with van der Waals surface area (Å²) in [5.41, 5.74) is 2.09. The maximum absolute atomic E-state index is 12.2. The van der Waals surface area contributed by atoms with Crippen LogP contribution in [0.1, 0.15) is 26.3 Å². The number of hydrogen-bond donors (Lipinski definition) is 1. The van der Waals surface area contributed by atoms with Crippen molar-refractivity contribution in [2.24, 2.45) is 0 Å². The molecule has 7 heteroatoms. The number of nitrogens with one attached hydrogen (secondary N) is 1. The van der Waals surface area contributed by atoms with E-state index in [4.69, 9.17) is 0 Å². The van der Waals surface area contributed by atoms with Gasteiger partial charge >= 0.3 is 0 Å². The van der Waals surface area contributed by atoms with Gasteiger partial charge in [-0.25, -0.2) is 0 Å². The lowest BCUT2D eigenvalue weighted by Crippen LogP contribution is -2.22. The third kappa shape index (κ3) is 5.00. The second kappa shape index (κ2) is 8.55. The van der Waals surface area contributed by atoms with E-state index in [0.29, 0.717) is 0 Å². The number of aromatic nitrogens is 2. The summed E-state index contributed by atoms with van der Waals surface area (Å²) >= 11 is 4.65. The summed E-state index contributed by atoms with van der Waals surface area (Å²) in [6, 6.07) is 7.95. The molecule has 1 atom stereocenters. The zero-order valence-corrected chi connectivity index (χ0v) is 15.3. The molecule has 0 unspecified atom stereocenters. The van der Waals surface area contributed by atoms with Crippen molar-refractivity contribution >= 4 is 46.5 Å². The van der Waals surface area contributed by atoms with Crippen molar-refractivity contribution < 1.29 is 4.79 Å². The number of thioether (sulfide) groups is 2. The Labute approximate surface area is 143 Å². The number of benzene rings is 1. The van der Waals surface area contributed by atoms with Crippen molar-refractivity contribution in [2.45, 2.75) is 41.1 Å². The molecule has 0 aliphatic heterocycles. The molecule has 1 heterocycles. The zero-order valence-electron chi connectivity index (χ0n) is 12.8. The molecule has 118 valence electrons. The van der Waals surface area contributed by atoms with Crippen molar-refractivity contribution in [1.29, 1.82) is 0 Å². The molecule has 2 aromatic rings. The Morgan fingerprint density at radius 2 is 1.91 bits per heavy atom. The Balaban J connectivity index is 1.90. The van der Waals surface area contributed by atoms with Crippen LogP contribution in [-0.4, -0.2) is 27.1 Å². The van der Waals surface area contributed by atoms with E-state index in [-0.39, 0.29) is 11.2 Å². The van der Waals surface area contributed by atoms with Crippen LogP contribution in [0, 0.1) is 0 Å². The number of anilines is 1. The van der Waals surface area contributed by atoms with E-state index in [0.717, 1.165) is 26.5 Å². The third-order valence-electron chi connectivity index (χ3n) is 2.93. The molecule has 0 spiro atoms. The summed E-state index contributed by atoms with van der Waals surface area (Å²) in [5, 5.41) is 10.9. The van der Waals surface area contributed by atoms with Gasteiger partial charge in [-0.3, -0.25) is 4.79 Å². The van der Waals surface area contributed by atoms with E-state index in [9.17, 15) is 4.79 Å². The molecule has 1 aromatic heterocycles. The first-order chi connectivity index (χ1) is 10.6. The highest BCUT2D eigenvalue weighted by Gasteiger charge is 2.17. The van der Waals surface area contributed by atoms with Gasteiger partial charge in [0, 0.05) is 5.69 Å². The Morgan fingerprint density at radius 3 is 2.55 bits per heavy atom. The molecule has 0 aliphatic rings. The molecular formula is C15H19N3OS3. The van der Waals surface area contributed by atoms with Crippen LogP contribution in [0.4, 0.5) is 5.69 Å². The summed E-state index contributed by atoms with van der Waals surface area (Å²) in [4.78, 5) is 12.2. The number of carbonyl (C=O) groups excluding carboxylic acids is 1. The highest BCUT2D eigenvalue weighted by atomic mass is 32.2. The molecule has 0 saturated heterocycles. The second-order valence-electron chi connectivity index (χ2n) is 4.57. The second-order valence-corrected chi connectivity index (χ2v) is 8.64. The Morgan fingerprint density at radius 1 is 1.23 bits per heavy atom. The first-order valence-corrected chi connectivity index (χ1v) is 9.83. The molecule has 0 radical (unpaired) electrons. The van der Waals surface area contributed by atoms with Gasteiger partial charge in [-0.1, -0.05) is 60.8 Å². The van der Waals surface area contributed by atoms with E-state index in [1.165, 1.54) is 28.7 Å². The van der Waals surface area contributed by atoms with Crippen LogP contribution in [0.2, 0.25) is 0 Å². The predicted octanol–water partition coefficient (Wildman–Crippen LogP) is 4.33. The van der Waals surface area contributed by atoms with Crippen LogP contribution >= 0.6 is 34.9 Å². The summed E-state index contributed by atoms with van der Waals surface area (Å²) < 4.78 is 1.78. The van der Waals surface area contributed by atoms with Crippen LogP contribution in [0.3, 0.4) is 0 Å². The number of nitrogens with zero attached hydrogens (tertiary/aromatic N) is 2. The normalized spacial score (nSPS) is 12.1. The third-order valence-corrected chi connectivity index (χ3v) is 6.06. The van der Waals surface area contributed by atoms with E-state index >= 15 is 0 Å². The van der Waals surface area contributed by atoms with Gasteiger partial charge in [-0.05, 0) is 36.8 Å². The molecule has 1 N–H and O–H groups in total. The van der Waals surface area contributed by atoms with Gasteiger partial charge in [0.05, 0.1) is 5.25 Å². The predicted molar refractivity (Wildman–Crippen MR) is 96.1 cm³/mol. The van der Waals surface area contributed by atoms with Crippen LogP contribution in [0.5, 0.6) is 0 Å². The SMILES string of the molecule is CCSc1nnc(S[C@@H](C)C(=O)Nc2ccc(CC)cc2)s1. The quantitative estimate of drug-likeness (QED) is 0.751. The molecule has 0 saturated carbocycles. The highest BCUT2D eigenvalue weighted by molar-refractivity contribution is 8.03. The molecule has 4 nitrogen and oxygen atoms in total. The topological polar surface area (TPSA) is 54.9 Å². The number of carbonyl (C=O) groups is 1. The van der Waals surface area contributed by atoms with Gasteiger partial charge in [-0.15, -0.1) is 10.2 Å². The lowest BCUT2D eigenvalue weighted by molar-refractivity contribution is -0.115. The molecule has 1 aromatic carbocycles. The highest BCUT2D eigenvalue weighted by Crippen LogP contribution is 2.31. The van der Waals surface area contributed by atoms with Crippen molar-refractivity contribution in [3.05, 3.63) is 29.8 Å². The van der Waals surface area contributed by atoms with Gasteiger partial charge in [-0.2, -0.15) is 0 Å². The van der Waals surface area contributed by atoms with Crippen molar-refractivity contribution in [2.75, 3.05) is 11.1 Å². The Hall–Kier alpha value is -1.05. The smallest absolute Gasteiger partial charge is 0.237 e. The van der Waals surface area contributed by atoms with Crippen LogP contribution in [-0.2, 0) is 11.2 Å². The van der Waals surface area contributed by atoms with Gasteiger partial charge in [0.2, 0.25) is 5.91 Å². The Bertz CT molecular complexity index is 613. The molecular weight excluding hydrogens is 334 g/mol. The maximum Gasteiger partial charge on any atom is 0.237 e. The monoisotopic (exact) mass is 353 g/mol. The number of amides is 1. The minimum atomic E-state index is -0.210. The minimum Gasteiger partial charge on any atom is -0.325 e. The first kappa shape index (κ1) is 17.3. The molecule has 22 heavy (non-hydrogen) atoms. The van der Waals surface area contributed by atoms with Crippen LogP contribution in [0.25, 0.3) is 0 Å². The van der Waals surface area contributed by atoms with Crippen LogP contribution in [0.15, 0.2) is 32.9 Å². The first-order valence-electron chi connectivity index (χ1n) is 7.15. The summed E-state index contributed by atoms with van der Waals surface area (Å²) in [5.74, 6) is 0.956. The zero-order chi connectivity index (χ0) is 15.9. The lowest BCUT2D eigenvalue weighted by atomic mass is 10.1. The fraction of sp³-hybridized carbons (Fsp3) is 0.400. The Kier molecular flexibility index (Phi) is 6.72. The lowest BCUT2D eigenvalue weighted by Gasteiger charge is -2.10. The van der Waals surface area contributed by atoms with E-state index in [1.54, 1.807) is 11.8 Å². The molecule has 0 bridgehead atoms. The van der Waals surface area contributed by atoms with Gasteiger partial charge in [0.15, 0.2) is 8.68 Å². The van der Waals surface area contributed by atoms with E-state index in [2.05, 4.69) is 29.4 Å². The van der Waals surface area contributed by atoms with Crippen molar-refractivity contribution in [3.63, 3.8) is 0 Å². The summed E-state index contributed by atoms with van der Waals surface area (Å²) in [6.45, 7) is 6.08. The summed E-state index contributed by atoms with van der Waals surface area (Å²) in [7, 11) is 0. The number of aryl methyl sites for hydroxylation is 1.